The number of sulfone groups is 1. The number of fused-ring (bicyclic) bond motifs is 1. The van der Waals surface area contributed by atoms with Crippen LogP contribution >= 0.6 is 0 Å². The summed E-state index contributed by atoms with van der Waals surface area (Å²) in [6.45, 7) is 2.15. The van der Waals surface area contributed by atoms with Gasteiger partial charge in [-0.1, -0.05) is 6.07 Å². The molecule has 0 saturated heterocycles. The van der Waals surface area contributed by atoms with Crippen LogP contribution in [0.25, 0.3) is 22.4 Å². The van der Waals surface area contributed by atoms with Crippen LogP contribution in [0.15, 0.2) is 53.6 Å². The average Bonchev–Trinajstić information content (AvgIpc) is 3.07. The van der Waals surface area contributed by atoms with E-state index in [0.717, 1.165) is 11.8 Å². The van der Waals surface area contributed by atoms with Gasteiger partial charge in [-0.3, -0.25) is 14.1 Å². The molecule has 0 aromatic carbocycles. The molecule has 4 aromatic heterocycles. The van der Waals surface area contributed by atoms with Crippen molar-refractivity contribution < 1.29 is 17.9 Å². The maximum absolute atomic E-state index is 13.4. The van der Waals surface area contributed by atoms with Crippen LogP contribution in [-0.2, 0) is 16.9 Å². The maximum atomic E-state index is 13.4. The van der Waals surface area contributed by atoms with Crippen LogP contribution in [-0.4, -0.2) is 58.2 Å². The Balaban J connectivity index is 1.93. The second-order valence-electron chi connectivity index (χ2n) is 7.78. The zero-order valence-electron chi connectivity index (χ0n) is 19.3. The molecule has 178 valence electrons. The molecule has 1 atom stereocenters. The summed E-state index contributed by atoms with van der Waals surface area (Å²) < 4.78 is 38.4. The Morgan fingerprint density at radius 1 is 1.15 bits per heavy atom. The molecule has 0 fully saturated rings. The lowest BCUT2D eigenvalue weighted by Gasteiger charge is -2.19. The van der Waals surface area contributed by atoms with Gasteiger partial charge in [0.25, 0.3) is 5.88 Å². The lowest BCUT2D eigenvalue weighted by molar-refractivity contribution is 0.296. The number of rotatable bonds is 8. The van der Waals surface area contributed by atoms with E-state index in [4.69, 9.17) is 9.47 Å². The first-order valence-corrected chi connectivity index (χ1v) is 12.6. The van der Waals surface area contributed by atoms with Gasteiger partial charge in [-0.15, -0.1) is 0 Å². The van der Waals surface area contributed by atoms with Crippen molar-refractivity contribution in [3.05, 3.63) is 65.0 Å². The van der Waals surface area contributed by atoms with Gasteiger partial charge >= 0.3 is 5.69 Å². The summed E-state index contributed by atoms with van der Waals surface area (Å²) in [7, 11) is -0.394. The Kier molecular flexibility index (Phi) is 6.38. The molecule has 4 rings (SSSR count). The van der Waals surface area contributed by atoms with Crippen molar-refractivity contribution in [2.45, 2.75) is 13.0 Å². The number of methoxy groups -OCH3 is 1. The van der Waals surface area contributed by atoms with Crippen molar-refractivity contribution >= 4 is 21.0 Å². The number of ether oxygens (including phenoxy) is 2. The van der Waals surface area contributed by atoms with E-state index in [1.54, 1.807) is 38.5 Å². The normalized spacial score (nSPS) is 12.6. The third kappa shape index (κ3) is 4.51. The highest BCUT2D eigenvalue weighted by Gasteiger charge is 2.28. The molecule has 0 radical (unpaired) electrons. The minimum atomic E-state index is -3.51. The quantitative estimate of drug-likeness (QED) is 0.374. The third-order valence-corrected chi connectivity index (χ3v) is 6.27. The molecule has 0 amide bonds. The van der Waals surface area contributed by atoms with Crippen LogP contribution in [0.1, 0.15) is 18.7 Å². The van der Waals surface area contributed by atoms with Gasteiger partial charge < -0.3 is 9.47 Å². The van der Waals surface area contributed by atoms with Crippen molar-refractivity contribution in [2.75, 3.05) is 25.7 Å². The third-order valence-electron chi connectivity index (χ3n) is 5.35. The first-order valence-electron chi connectivity index (χ1n) is 10.6. The molecule has 0 aliphatic carbocycles. The van der Waals surface area contributed by atoms with Gasteiger partial charge in [-0.25, -0.2) is 23.2 Å². The number of imidazole rings is 1. The number of pyridine rings is 3. The van der Waals surface area contributed by atoms with Crippen molar-refractivity contribution in [3.8, 4) is 22.9 Å². The van der Waals surface area contributed by atoms with Crippen LogP contribution in [0.4, 0.5) is 0 Å². The zero-order valence-corrected chi connectivity index (χ0v) is 20.1. The Bertz CT molecular complexity index is 1500. The average molecular weight is 484 g/mol. The van der Waals surface area contributed by atoms with E-state index in [2.05, 4.69) is 15.0 Å². The molecule has 0 aliphatic heterocycles. The zero-order chi connectivity index (χ0) is 24.5. The van der Waals surface area contributed by atoms with Crippen LogP contribution in [0.5, 0.6) is 11.6 Å². The standard InChI is InChI=1S/C23H25N5O5S/c1-5-33-22-20(32-3)10-9-17(26-22)19(14-34(4,30)31)28-21-18(27(2)23(28)29)12-15(13-25-21)16-8-6-7-11-24-16/h6-13,19H,5,14H2,1-4H3. The Morgan fingerprint density at radius 2 is 1.94 bits per heavy atom. The minimum absolute atomic E-state index is 0.222. The van der Waals surface area contributed by atoms with Gasteiger partial charge in [0, 0.05) is 31.3 Å². The second kappa shape index (κ2) is 9.26. The largest absolute Gasteiger partial charge is 0.491 e. The summed E-state index contributed by atoms with van der Waals surface area (Å²) in [6.07, 6.45) is 4.41. The summed E-state index contributed by atoms with van der Waals surface area (Å²) in [4.78, 5) is 26.7. The molecular formula is C23H25N5O5S. The molecule has 0 aliphatic rings. The number of nitrogens with zero attached hydrogens (tertiary/aromatic N) is 5. The monoisotopic (exact) mass is 483 g/mol. The Hall–Kier alpha value is -3.73. The summed E-state index contributed by atoms with van der Waals surface area (Å²) >= 11 is 0. The van der Waals surface area contributed by atoms with Gasteiger partial charge in [0.15, 0.2) is 11.4 Å². The summed E-state index contributed by atoms with van der Waals surface area (Å²) in [6, 6.07) is 9.69. The summed E-state index contributed by atoms with van der Waals surface area (Å²) in [5, 5.41) is 0. The minimum Gasteiger partial charge on any atom is -0.491 e. The summed E-state index contributed by atoms with van der Waals surface area (Å²) in [5.41, 5.74) is 2.27. The number of hydrogen-bond acceptors (Lipinski definition) is 8. The van der Waals surface area contributed by atoms with Gasteiger partial charge in [0.1, 0.15) is 9.84 Å². The highest BCUT2D eigenvalue weighted by molar-refractivity contribution is 7.90. The van der Waals surface area contributed by atoms with E-state index in [9.17, 15) is 13.2 Å². The lowest BCUT2D eigenvalue weighted by Crippen LogP contribution is -2.31. The van der Waals surface area contributed by atoms with Crippen molar-refractivity contribution in [1.82, 2.24) is 24.1 Å². The van der Waals surface area contributed by atoms with Crippen LogP contribution in [0, 0.1) is 0 Å². The molecule has 34 heavy (non-hydrogen) atoms. The SMILES string of the molecule is CCOc1nc(C(CS(C)(=O)=O)n2c(=O)n(C)c3cc(-c4ccccn4)cnc32)ccc1OC. The van der Waals surface area contributed by atoms with Crippen molar-refractivity contribution in [2.24, 2.45) is 7.05 Å². The van der Waals surface area contributed by atoms with E-state index in [0.29, 0.717) is 34.9 Å². The van der Waals surface area contributed by atoms with Crippen molar-refractivity contribution in [3.63, 3.8) is 0 Å². The van der Waals surface area contributed by atoms with E-state index < -0.39 is 21.6 Å². The molecule has 4 heterocycles. The first kappa shape index (κ1) is 23.4. The topological polar surface area (TPSA) is 118 Å². The smallest absolute Gasteiger partial charge is 0.330 e. The van der Waals surface area contributed by atoms with Gasteiger partial charge in [-0.2, -0.15) is 0 Å². The number of aromatic nitrogens is 5. The lowest BCUT2D eigenvalue weighted by atomic mass is 10.2. The molecule has 0 N–H and O–H groups in total. The molecule has 10 nitrogen and oxygen atoms in total. The highest BCUT2D eigenvalue weighted by atomic mass is 32.2. The van der Waals surface area contributed by atoms with Gasteiger partial charge in [0.2, 0.25) is 0 Å². The van der Waals surface area contributed by atoms with Crippen LogP contribution < -0.4 is 15.2 Å². The molecular weight excluding hydrogens is 458 g/mol. The van der Waals surface area contributed by atoms with Crippen LogP contribution in [0.3, 0.4) is 0 Å². The van der Waals surface area contributed by atoms with Crippen LogP contribution in [0.2, 0.25) is 0 Å². The molecule has 4 aromatic rings. The Morgan fingerprint density at radius 3 is 2.59 bits per heavy atom. The van der Waals surface area contributed by atoms with E-state index in [1.165, 1.54) is 16.2 Å². The van der Waals surface area contributed by atoms with E-state index in [1.807, 2.05) is 24.3 Å². The van der Waals surface area contributed by atoms with Gasteiger partial charge in [-0.05, 0) is 37.3 Å². The predicted octanol–water partition coefficient (Wildman–Crippen LogP) is 2.23. The highest BCUT2D eigenvalue weighted by Crippen LogP contribution is 2.30. The second-order valence-corrected chi connectivity index (χ2v) is 9.96. The van der Waals surface area contributed by atoms with Gasteiger partial charge in [0.05, 0.1) is 42.4 Å². The fraction of sp³-hybridized carbons (Fsp3) is 0.304. The fourth-order valence-electron chi connectivity index (χ4n) is 3.79. The Labute approximate surface area is 196 Å². The molecule has 0 spiro atoms. The number of hydrogen-bond donors (Lipinski definition) is 0. The van der Waals surface area contributed by atoms with Crippen molar-refractivity contribution in [1.29, 1.82) is 0 Å². The molecule has 0 bridgehead atoms. The first-order chi connectivity index (χ1) is 16.2. The summed E-state index contributed by atoms with van der Waals surface area (Å²) in [5.74, 6) is 0.285. The fourth-order valence-corrected chi connectivity index (χ4v) is 4.68. The molecule has 11 heteroatoms. The predicted molar refractivity (Wildman–Crippen MR) is 128 cm³/mol. The molecule has 1 unspecified atom stereocenters. The van der Waals surface area contributed by atoms with E-state index >= 15 is 0 Å². The van der Waals surface area contributed by atoms with E-state index in [-0.39, 0.29) is 11.6 Å². The molecule has 0 saturated carbocycles. The maximum Gasteiger partial charge on any atom is 0.330 e. The number of aryl methyl sites for hydroxylation is 1.